The number of hydrazone groups is 1. The van der Waals surface area contributed by atoms with Gasteiger partial charge >= 0.3 is 11.8 Å². The average Bonchev–Trinajstić information content (AvgIpc) is 2.94. The summed E-state index contributed by atoms with van der Waals surface area (Å²) in [6.45, 7) is 5.08. The summed E-state index contributed by atoms with van der Waals surface area (Å²) in [5, 5.41) is 8.70. The molecule has 0 radical (unpaired) electrons. The Hall–Kier alpha value is -4.37. The molecule has 8 nitrogen and oxygen atoms in total. The van der Waals surface area contributed by atoms with Gasteiger partial charge in [0.1, 0.15) is 12.4 Å². The van der Waals surface area contributed by atoms with Crippen molar-refractivity contribution >= 4 is 50.4 Å². The van der Waals surface area contributed by atoms with Crippen LogP contribution < -0.4 is 25.0 Å². The first kappa shape index (κ1) is 27.7. The van der Waals surface area contributed by atoms with Gasteiger partial charge in [-0.1, -0.05) is 42.5 Å². The first-order chi connectivity index (χ1) is 19.0. The third-order valence-electron chi connectivity index (χ3n) is 5.59. The van der Waals surface area contributed by atoms with Crippen molar-refractivity contribution in [1.82, 2.24) is 5.43 Å². The SMILES string of the molecule is CCOc1ccc(NC(=O)C(=O)N/N=C/c2cc(Br)c(OCc3cccc4ccccc34)c(OCC)c2)cc1. The minimum Gasteiger partial charge on any atom is -0.494 e. The molecular weight excluding hydrogens is 562 g/mol. The fraction of sp³-hybridized carbons (Fsp3) is 0.167. The number of nitrogens with zero attached hydrogens (tertiary/aromatic N) is 1. The number of ether oxygens (including phenoxy) is 3. The van der Waals surface area contributed by atoms with Crippen molar-refractivity contribution in [2.75, 3.05) is 18.5 Å². The van der Waals surface area contributed by atoms with E-state index in [9.17, 15) is 9.59 Å². The van der Waals surface area contributed by atoms with Crippen LogP contribution in [0.5, 0.6) is 17.2 Å². The van der Waals surface area contributed by atoms with Gasteiger partial charge in [0, 0.05) is 5.69 Å². The van der Waals surface area contributed by atoms with Crippen LogP contribution in [0.25, 0.3) is 10.8 Å². The Kier molecular flexibility index (Phi) is 9.53. The van der Waals surface area contributed by atoms with Gasteiger partial charge < -0.3 is 19.5 Å². The van der Waals surface area contributed by atoms with E-state index in [-0.39, 0.29) is 0 Å². The van der Waals surface area contributed by atoms with E-state index in [1.54, 1.807) is 36.4 Å². The number of hydrogen-bond donors (Lipinski definition) is 2. The van der Waals surface area contributed by atoms with Gasteiger partial charge in [-0.05, 0) is 88.1 Å². The predicted molar refractivity (Wildman–Crippen MR) is 156 cm³/mol. The fourth-order valence-electron chi connectivity index (χ4n) is 3.84. The van der Waals surface area contributed by atoms with Crippen molar-refractivity contribution in [3.63, 3.8) is 0 Å². The Morgan fingerprint density at radius 3 is 2.38 bits per heavy atom. The van der Waals surface area contributed by atoms with E-state index in [0.717, 1.165) is 16.3 Å². The number of carbonyl (C=O) groups excluding carboxylic acids is 2. The lowest BCUT2D eigenvalue weighted by molar-refractivity contribution is -0.136. The Morgan fingerprint density at radius 1 is 0.872 bits per heavy atom. The van der Waals surface area contributed by atoms with E-state index in [4.69, 9.17) is 14.2 Å². The summed E-state index contributed by atoms with van der Waals surface area (Å²) in [4.78, 5) is 24.4. The van der Waals surface area contributed by atoms with E-state index < -0.39 is 11.8 Å². The van der Waals surface area contributed by atoms with Crippen LogP contribution in [0.1, 0.15) is 25.0 Å². The van der Waals surface area contributed by atoms with Gasteiger partial charge in [-0.3, -0.25) is 9.59 Å². The van der Waals surface area contributed by atoms with Crippen LogP contribution in [-0.2, 0) is 16.2 Å². The zero-order chi connectivity index (χ0) is 27.6. The van der Waals surface area contributed by atoms with Crippen molar-refractivity contribution in [2.45, 2.75) is 20.5 Å². The maximum Gasteiger partial charge on any atom is 0.329 e. The first-order valence-corrected chi connectivity index (χ1v) is 13.2. The molecule has 0 fully saturated rings. The summed E-state index contributed by atoms with van der Waals surface area (Å²) < 4.78 is 18.0. The van der Waals surface area contributed by atoms with Gasteiger partial charge in [0.15, 0.2) is 11.5 Å². The number of nitrogens with one attached hydrogen (secondary N) is 2. The quantitative estimate of drug-likeness (QED) is 0.133. The second kappa shape index (κ2) is 13.4. The van der Waals surface area contributed by atoms with Crippen LogP contribution in [0.3, 0.4) is 0 Å². The number of halogens is 1. The number of amides is 2. The zero-order valence-corrected chi connectivity index (χ0v) is 23.2. The molecule has 0 saturated heterocycles. The van der Waals surface area contributed by atoms with Crippen molar-refractivity contribution in [3.05, 3.63) is 94.5 Å². The number of hydrogen-bond acceptors (Lipinski definition) is 6. The monoisotopic (exact) mass is 589 g/mol. The Morgan fingerprint density at radius 2 is 1.62 bits per heavy atom. The van der Waals surface area contributed by atoms with Gasteiger partial charge in [0.25, 0.3) is 0 Å². The van der Waals surface area contributed by atoms with Gasteiger partial charge in [-0.15, -0.1) is 0 Å². The molecule has 2 N–H and O–H groups in total. The summed E-state index contributed by atoms with van der Waals surface area (Å²) in [6, 6.07) is 24.5. The zero-order valence-electron chi connectivity index (χ0n) is 21.6. The highest BCUT2D eigenvalue weighted by Crippen LogP contribution is 2.37. The van der Waals surface area contributed by atoms with Gasteiger partial charge in [-0.25, -0.2) is 5.43 Å². The maximum absolute atomic E-state index is 12.2. The Labute approximate surface area is 235 Å². The molecule has 0 aliphatic rings. The summed E-state index contributed by atoms with van der Waals surface area (Å²) in [5.74, 6) is 0.00454. The van der Waals surface area contributed by atoms with Crippen LogP contribution >= 0.6 is 15.9 Å². The molecule has 0 heterocycles. The molecule has 0 aliphatic carbocycles. The first-order valence-electron chi connectivity index (χ1n) is 12.4. The highest BCUT2D eigenvalue weighted by Gasteiger charge is 2.15. The third-order valence-corrected chi connectivity index (χ3v) is 6.18. The summed E-state index contributed by atoms with van der Waals surface area (Å²) >= 11 is 3.56. The summed E-state index contributed by atoms with van der Waals surface area (Å²) in [7, 11) is 0. The number of rotatable bonds is 10. The molecule has 39 heavy (non-hydrogen) atoms. The number of benzene rings is 4. The lowest BCUT2D eigenvalue weighted by atomic mass is 10.1. The highest BCUT2D eigenvalue weighted by molar-refractivity contribution is 9.10. The molecule has 0 aliphatic heterocycles. The molecule has 0 bridgehead atoms. The minimum absolute atomic E-state index is 0.354. The summed E-state index contributed by atoms with van der Waals surface area (Å²) in [6.07, 6.45) is 1.42. The van der Waals surface area contributed by atoms with Crippen LogP contribution in [-0.4, -0.2) is 31.2 Å². The molecule has 0 unspecified atom stereocenters. The molecule has 0 saturated carbocycles. The molecule has 4 aromatic rings. The van der Waals surface area contributed by atoms with E-state index in [1.807, 2.05) is 38.1 Å². The van der Waals surface area contributed by atoms with Crippen molar-refractivity contribution in [1.29, 1.82) is 0 Å². The molecule has 0 aromatic heterocycles. The van der Waals surface area contributed by atoms with E-state index in [1.165, 1.54) is 6.21 Å². The van der Waals surface area contributed by atoms with E-state index in [0.29, 0.717) is 52.8 Å². The van der Waals surface area contributed by atoms with Crippen molar-refractivity contribution in [3.8, 4) is 17.2 Å². The maximum atomic E-state index is 12.2. The minimum atomic E-state index is -0.903. The fourth-order valence-corrected chi connectivity index (χ4v) is 4.41. The van der Waals surface area contributed by atoms with Gasteiger partial charge in [-0.2, -0.15) is 5.10 Å². The lowest BCUT2D eigenvalue weighted by Gasteiger charge is -2.15. The molecule has 0 atom stereocenters. The molecule has 4 aromatic carbocycles. The van der Waals surface area contributed by atoms with E-state index >= 15 is 0 Å². The topological polar surface area (TPSA) is 98.2 Å². The third kappa shape index (κ3) is 7.36. The normalized spacial score (nSPS) is 10.8. The van der Waals surface area contributed by atoms with Crippen LogP contribution in [0.15, 0.2) is 88.4 Å². The molecule has 2 amide bonds. The Bertz CT molecular complexity index is 1480. The molecular formula is C30H28BrN3O5. The van der Waals surface area contributed by atoms with Crippen molar-refractivity contribution < 1.29 is 23.8 Å². The number of anilines is 1. The predicted octanol–water partition coefficient (Wildman–Crippen LogP) is 6.07. The largest absolute Gasteiger partial charge is 0.494 e. The number of carbonyl (C=O) groups is 2. The standard InChI is InChI=1S/C30H28BrN3O5/c1-3-37-24-14-12-23(13-15-24)33-29(35)30(36)34-32-18-20-16-26(31)28(27(17-20)38-4-2)39-19-22-10-7-9-21-8-5-6-11-25(21)22/h5-18H,3-4,19H2,1-2H3,(H,33,35)(H,34,36)/b32-18+. The van der Waals surface area contributed by atoms with Gasteiger partial charge in [0.05, 0.1) is 23.9 Å². The van der Waals surface area contributed by atoms with Crippen LogP contribution in [0, 0.1) is 0 Å². The molecule has 200 valence electrons. The second-order valence-corrected chi connectivity index (χ2v) is 9.15. The average molecular weight is 590 g/mol. The highest BCUT2D eigenvalue weighted by atomic mass is 79.9. The molecule has 4 rings (SSSR count). The van der Waals surface area contributed by atoms with Crippen molar-refractivity contribution in [2.24, 2.45) is 5.10 Å². The summed E-state index contributed by atoms with van der Waals surface area (Å²) in [5.41, 5.74) is 4.39. The molecule has 0 spiro atoms. The Balaban J connectivity index is 1.40. The van der Waals surface area contributed by atoms with Crippen LogP contribution in [0.2, 0.25) is 0 Å². The van der Waals surface area contributed by atoms with Crippen LogP contribution in [0.4, 0.5) is 5.69 Å². The molecule has 9 heteroatoms. The smallest absolute Gasteiger partial charge is 0.329 e. The van der Waals surface area contributed by atoms with Gasteiger partial charge in [0.2, 0.25) is 0 Å². The second-order valence-electron chi connectivity index (χ2n) is 8.30. The number of fused-ring (bicyclic) bond motifs is 1. The van der Waals surface area contributed by atoms with E-state index in [2.05, 4.69) is 50.0 Å². The lowest BCUT2D eigenvalue weighted by Crippen LogP contribution is -2.32.